The van der Waals surface area contributed by atoms with Crippen molar-refractivity contribution >= 4 is 33.8 Å². The van der Waals surface area contributed by atoms with Gasteiger partial charge in [0.15, 0.2) is 0 Å². The van der Waals surface area contributed by atoms with Gasteiger partial charge in [-0.3, -0.25) is 4.68 Å². The Kier molecular flexibility index (Phi) is 4.02. The van der Waals surface area contributed by atoms with Gasteiger partial charge < -0.3 is 5.73 Å². The monoisotopic (exact) mass is 319 g/mol. The Morgan fingerprint density at radius 1 is 1.38 bits per heavy atom. The largest absolute Gasteiger partial charge is 0.323 e. The van der Waals surface area contributed by atoms with Gasteiger partial charge in [-0.15, -0.1) is 11.3 Å². The van der Waals surface area contributed by atoms with Crippen LogP contribution >= 0.6 is 22.9 Å². The van der Waals surface area contributed by atoms with E-state index in [0.717, 1.165) is 33.2 Å². The summed E-state index contributed by atoms with van der Waals surface area (Å²) in [6.07, 6.45) is 0.702. The van der Waals surface area contributed by atoms with Gasteiger partial charge in [-0.25, -0.2) is 0 Å². The normalized spacial score (nSPS) is 13.0. The average Bonchev–Trinajstić information content (AvgIpc) is 3.01. The van der Waals surface area contributed by atoms with E-state index in [1.165, 1.54) is 5.39 Å². The minimum Gasteiger partial charge on any atom is -0.323 e. The van der Waals surface area contributed by atoms with Crippen LogP contribution in [0.5, 0.6) is 0 Å². The topological polar surface area (TPSA) is 43.8 Å². The molecular formula is C16H18ClN3S. The summed E-state index contributed by atoms with van der Waals surface area (Å²) in [5, 5.41) is 8.74. The van der Waals surface area contributed by atoms with Crippen LogP contribution < -0.4 is 5.73 Å². The predicted octanol–water partition coefficient (Wildman–Crippen LogP) is 4.32. The van der Waals surface area contributed by atoms with E-state index in [2.05, 4.69) is 24.4 Å². The lowest BCUT2D eigenvalue weighted by Crippen LogP contribution is -2.13. The van der Waals surface area contributed by atoms with Crippen LogP contribution in [-0.2, 0) is 13.0 Å². The first-order chi connectivity index (χ1) is 10.1. The van der Waals surface area contributed by atoms with Crippen LogP contribution in [0.2, 0.25) is 5.02 Å². The number of rotatable bonds is 4. The van der Waals surface area contributed by atoms with Gasteiger partial charge in [-0.2, -0.15) is 5.10 Å². The average molecular weight is 320 g/mol. The van der Waals surface area contributed by atoms with E-state index in [4.69, 9.17) is 22.4 Å². The Morgan fingerprint density at radius 3 is 2.81 bits per heavy atom. The molecule has 1 unspecified atom stereocenters. The standard InChI is InChI=1S/C16H18ClN3S/c1-3-20-14-7-5-4-6-11(14)13(19-20)8-12(18)16-15(17)10(2)9-21-16/h4-7,9,12H,3,8,18H2,1-2H3. The summed E-state index contributed by atoms with van der Waals surface area (Å²) >= 11 is 7.96. The molecule has 0 amide bonds. The molecule has 1 aromatic carbocycles. The molecule has 3 nitrogen and oxygen atoms in total. The van der Waals surface area contributed by atoms with Crippen molar-refractivity contribution in [2.45, 2.75) is 32.9 Å². The zero-order valence-electron chi connectivity index (χ0n) is 12.1. The second-order valence-electron chi connectivity index (χ2n) is 5.19. The second-order valence-corrected chi connectivity index (χ2v) is 6.48. The summed E-state index contributed by atoms with van der Waals surface area (Å²) in [6.45, 7) is 4.97. The summed E-state index contributed by atoms with van der Waals surface area (Å²) in [4.78, 5) is 1.05. The van der Waals surface area contributed by atoms with Gasteiger partial charge in [0.25, 0.3) is 0 Å². The van der Waals surface area contributed by atoms with Gasteiger partial charge in [-0.05, 0) is 30.9 Å². The summed E-state index contributed by atoms with van der Waals surface area (Å²) in [7, 11) is 0. The zero-order chi connectivity index (χ0) is 15.0. The maximum Gasteiger partial charge on any atom is 0.0722 e. The first-order valence-electron chi connectivity index (χ1n) is 7.05. The summed E-state index contributed by atoms with van der Waals surface area (Å²) < 4.78 is 2.03. The van der Waals surface area contributed by atoms with Crippen molar-refractivity contribution in [3.8, 4) is 0 Å². The minimum absolute atomic E-state index is 0.111. The number of thiophene rings is 1. The second kappa shape index (κ2) is 5.79. The van der Waals surface area contributed by atoms with E-state index in [0.29, 0.717) is 6.42 Å². The van der Waals surface area contributed by atoms with Crippen LogP contribution in [0.3, 0.4) is 0 Å². The molecule has 21 heavy (non-hydrogen) atoms. The van der Waals surface area contributed by atoms with Crippen LogP contribution in [0, 0.1) is 6.92 Å². The molecule has 0 aliphatic carbocycles. The van der Waals surface area contributed by atoms with E-state index in [-0.39, 0.29) is 6.04 Å². The smallest absolute Gasteiger partial charge is 0.0722 e. The van der Waals surface area contributed by atoms with E-state index in [1.54, 1.807) is 11.3 Å². The molecule has 2 heterocycles. The van der Waals surface area contributed by atoms with Gasteiger partial charge >= 0.3 is 0 Å². The zero-order valence-corrected chi connectivity index (χ0v) is 13.7. The van der Waals surface area contributed by atoms with Gasteiger partial charge in [0.1, 0.15) is 0 Å². The number of aromatic nitrogens is 2. The van der Waals surface area contributed by atoms with Gasteiger partial charge in [0.05, 0.1) is 16.2 Å². The van der Waals surface area contributed by atoms with Gasteiger partial charge in [-0.1, -0.05) is 29.8 Å². The molecule has 0 fully saturated rings. The van der Waals surface area contributed by atoms with Crippen LogP contribution in [0.15, 0.2) is 29.6 Å². The quantitative estimate of drug-likeness (QED) is 0.778. The van der Waals surface area contributed by atoms with Crippen molar-refractivity contribution < 1.29 is 0 Å². The molecule has 0 aliphatic heterocycles. The molecule has 3 aromatic rings. The number of halogens is 1. The Hall–Kier alpha value is -1.36. The van der Waals surface area contributed by atoms with Crippen LogP contribution in [0.1, 0.15) is 29.1 Å². The van der Waals surface area contributed by atoms with Crippen LogP contribution in [-0.4, -0.2) is 9.78 Å². The molecule has 2 N–H and O–H groups in total. The molecule has 0 saturated heterocycles. The van der Waals surface area contributed by atoms with E-state index in [9.17, 15) is 0 Å². The fraction of sp³-hybridized carbons (Fsp3) is 0.312. The van der Waals surface area contributed by atoms with Crippen molar-refractivity contribution in [1.82, 2.24) is 9.78 Å². The third kappa shape index (κ3) is 2.59. The Bertz CT molecular complexity index is 775. The summed E-state index contributed by atoms with van der Waals surface area (Å²) in [5.74, 6) is 0. The number of aryl methyl sites for hydroxylation is 2. The molecular weight excluding hydrogens is 302 g/mol. The first-order valence-corrected chi connectivity index (χ1v) is 8.31. The lowest BCUT2D eigenvalue weighted by atomic mass is 10.1. The van der Waals surface area contributed by atoms with E-state index >= 15 is 0 Å². The molecule has 0 spiro atoms. The molecule has 110 valence electrons. The number of benzene rings is 1. The van der Waals surface area contributed by atoms with Crippen molar-refractivity contribution in [1.29, 1.82) is 0 Å². The lowest BCUT2D eigenvalue weighted by molar-refractivity contribution is 0.645. The minimum atomic E-state index is -0.111. The Balaban J connectivity index is 1.96. The predicted molar refractivity (Wildman–Crippen MR) is 90.1 cm³/mol. The molecule has 0 bridgehead atoms. The number of para-hydroxylation sites is 1. The Labute approximate surface area is 133 Å². The fourth-order valence-electron chi connectivity index (χ4n) is 2.59. The lowest BCUT2D eigenvalue weighted by Gasteiger charge is -2.09. The number of hydrogen-bond acceptors (Lipinski definition) is 3. The molecule has 0 aliphatic rings. The molecule has 2 aromatic heterocycles. The third-order valence-electron chi connectivity index (χ3n) is 3.71. The highest BCUT2D eigenvalue weighted by Crippen LogP contribution is 2.33. The fourth-order valence-corrected chi connectivity index (χ4v) is 3.93. The van der Waals surface area contributed by atoms with Crippen LogP contribution in [0.25, 0.3) is 10.9 Å². The highest BCUT2D eigenvalue weighted by atomic mass is 35.5. The SMILES string of the molecule is CCn1nc(CC(N)c2scc(C)c2Cl)c2ccccc21. The van der Waals surface area contributed by atoms with Crippen LogP contribution in [0.4, 0.5) is 0 Å². The first kappa shape index (κ1) is 14.6. The number of nitrogens with zero attached hydrogens (tertiary/aromatic N) is 2. The van der Waals surface area contributed by atoms with Crippen molar-refractivity contribution in [3.63, 3.8) is 0 Å². The van der Waals surface area contributed by atoms with E-state index < -0.39 is 0 Å². The Morgan fingerprint density at radius 2 is 2.14 bits per heavy atom. The van der Waals surface area contributed by atoms with Crippen molar-refractivity contribution in [3.05, 3.63) is 50.8 Å². The van der Waals surface area contributed by atoms with Crippen molar-refractivity contribution in [2.24, 2.45) is 5.73 Å². The maximum absolute atomic E-state index is 6.36. The summed E-state index contributed by atoms with van der Waals surface area (Å²) in [6, 6.07) is 8.18. The maximum atomic E-state index is 6.36. The van der Waals surface area contributed by atoms with Crippen molar-refractivity contribution in [2.75, 3.05) is 0 Å². The molecule has 5 heteroatoms. The van der Waals surface area contributed by atoms with Gasteiger partial charge in [0.2, 0.25) is 0 Å². The molecule has 3 rings (SSSR count). The highest BCUT2D eigenvalue weighted by molar-refractivity contribution is 7.10. The highest BCUT2D eigenvalue weighted by Gasteiger charge is 2.18. The number of nitrogens with two attached hydrogens (primary N) is 1. The molecule has 0 radical (unpaired) electrons. The molecule has 1 atom stereocenters. The van der Waals surface area contributed by atoms with E-state index in [1.807, 2.05) is 23.7 Å². The third-order valence-corrected chi connectivity index (χ3v) is 5.56. The molecule has 0 saturated carbocycles. The number of fused-ring (bicyclic) bond motifs is 1. The number of hydrogen-bond donors (Lipinski definition) is 1. The van der Waals surface area contributed by atoms with Gasteiger partial charge in [0, 0.05) is 29.3 Å². The summed E-state index contributed by atoms with van der Waals surface area (Å²) in [5.41, 5.74) is 9.66.